The van der Waals surface area contributed by atoms with Crippen molar-refractivity contribution < 1.29 is 31.5 Å². The van der Waals surface area contributed by atoms with Crippen molar-refractivity contribution in [2.45, 2.75) is 18.7 Å². The average Bonchev–Trinajstić information content (AvgIpc) is 2.80. The van der Waals surface area contributed by atoms with Crippen LogP contribution in [-0.2, 0) is 19.6 Å². The summed E-state index contributed by atoms with van der Waals surface area (Å²) in [6.45, 7) is 5.73. The number of nitrogens with zero attached hydrogens (tertiary/aromatic N) is 2. The molecule has 1 amide bonds. The molecule has 0 aromatic heterocycles. The van der Waals surface area contributed by atoms with Gasteiger partial charge in [-0.1, -0.05) is 0 Å². The number of nitrogens with one attached hydrogen (secondary N) is 1. The van der Waals surface area contributed by atoms with E-state index in [2.05, 4.69) is 5.32 Å². The number of rotatable bonds is 9. The van der Waals surface area contributed by atoms with E-state index in [4.69, 9.17) is 9.47 Å². The van der Waals surface area contributed by atoms with Crippen molar-refractivity contribution in [1.29, 1.82) is 0 Å². The molecule has 180 valence electrons. The Labute approximate surface area is 192 Å². The topological polar surface area (TPSA) is 88.2 Å². The second kappa shape index (κ2) is 10.9. The van der Waals surface area contributed by atoms with Crippen LogP contribution in [0.3, 0.4) is 0 Å². The summed E-state index contributed by atoms with van der Waals surface area (Å²) in [5.41, 5.74) is 0.934. The van der Waals surface area contributed by atoms with Crippen molar-refractivity contribution in [3.8, 4) is 5.75 Å². The third kappa shape index (κ3) is 5.98. The van der Waals surface area contributed by atoms with Gasteiger partial charge in [0, 0.05) is 32.2 Å². The van der Waals surface area contributed by atoms with Crippen LogP contribution >= 0.6 is 0 Å². The normalized spacial score (nSPS) is 14.7. The Kier molecular flexibility index (Phi) is 8.22. The molecule has 1 aliphatic rings. The molecule has 0 spiro atoms. The number of benzene rings is 2. The highest BCUT2D eigenvalue weighted by atomic mass is 32.2. The van der Waals surface area contributed by atoms with Gasteiger partial charge in [-0.2, -0.15) is 4.31 Å². The number of amides is 1. The lowest BCUT2D eigenvalue weighted by molar-refractivity contribution is -0.118. The second-order valence-corrected chi connectivity index (χ2v) is 9.22. The Morgan fingerprint density at radius 1 is 1.12 bits per heavy atom. The van der Waals surface area contributed by atoms with Crippen LogP contribution in [0.1, 0.15) is 13.8 Å². The number of morpholine rings is 1. The lowest BCUT2D eigenvalue weighted by Gasteiger charge is -2.28. The fraction of sp³-hybridized carbons (Fsp3) is 0.409. The van der Waals surface area contributed by atoms with Gasteiger partial charge < -0.3 is 19.7 Å². The lowest BCUT2D eigenvalue weighted by atomic mass is 10.2. The fourth-order valence-corrected chi connectivity index (χ4v) is 4.91. The van der Waals surface area contributed by atoms with Gasteiger partial charge in [0.15, 0.2) is 18.2 Å². The molecule has 0 aliphatic carbocycles. The van der Waals surface area contributed by atoms with Gasteiger partial charge in [-0.05, 0) is 44.2 Å². The molecule has 0 bridgehead atoms. The Bertz CT molecular complexity index is 1090. The second-order valence-electron chi connectivity index (χ2n) is 7.28. The average molecular weight is 484 g/mol. The molecule has 0 saturated carbocycles. The zero-order valence-electron chi connectivity index (χ0n) is 18.5. The highest BCUT2D eigenvalue weighted by Gasteiger charge is 2.27. The quantitative estimate of drug-likeness (QED) is 0.590. The van der Waals surface area contributed by atoms with Gasteiger partial charge in [0.2, 0.25) is 10.0 Å². The number of ether oxygens (including phenoxy) is 2. The van der Waals surface area contributed by atoms with E-state index in [1.165, 1.54) is 16.4 Å². The smallest absolute Gasteiger partial charge is 0.262 e. The number of hydrogen-bond acceptors (Lipinski definition) is 6. The van der Waals surface area contributed by atoms with Crippen LogP contribution in [-0.4, -0.2) is 64.6 Å². The fourth-order valence-electron chi connectivity index (χ4n) is 3.47. The van der Waals surface area contributed by atoms with Gasteiger partial charge in [-0.25, -0.2) is 17.2 Å². The SMILES string of the molecule is CCN(CC)c1ccc(S(=O)(=O)N2CCOCC2)cc1NC(=O)COc1ccc(F)cc1F. The van der Waals surface area contributed by atoms with Crippen molar-refractivity contribution in [2.75, 3.05) is 56.2 Å². The molecule has 11 heteroatoms. The van der Waals surface area contributed by atoms with Crippen molar-refractivity contribution in [3.63, 3.8) is 0 Å². The molecule has 3 rings (SSSR count). The van der Waals surface area contributed by atoms with Gasteiger partial charge >= 0.3 is 0 Å². The summed E-state index contributed by atoms with van der Waals surface area (Å²) < 4.78 is 64.7. The Morgan fingerprint density at radius 3 is 2.45 bits per heavy atom. The minimum Gasteiger partial charge on any atom is -0.481 e. The maximum Gasteiger partial charge on any atom is 0.262 e. The molecule has 8 nitrogen and oxygen atoms in total. The molecule has 0 unspecified atom stereocenters. The first-order valence-corrected chi connectivity index (χ1v) is 12.0. The third-order valence-corrected chi connectivity index (χ3v) is 7.10. The van der Waals surface area contributed by atoms with Crippen LogP contribution in [0.5, 0.6) is 5.75 Å². The zero-order valence-corrected chi connectivity index (χ0v) is 19.3. The molecule has 1 saturated heterocycles. The van der Waals surface area contributed by atoms with E-state index in [-0.39, 0.29) is 23.7 Å². The molecule has 33 heavy (non-hydrogen) atoms. The minimum absolute atomic E-state index is 0.0427. The van der Waals surface area contributed by atoms with Crippen LogP contribution < -0.4 is 15.0 Å². The number of hydrogen-bond donors (Lipinski definition) is 1. The number of carbonyl (C=O) groups excluding carboxylic acids is 1. The predicted octanol–water partition coefficient (Wildman–Crippen LogP) is 2.85. The van der Waals surface area contributed by atoms with E-state index in [1.54, 1.807) is 6.07 Å². The summed E-state index contributed by atoms with van der Waals surface area (Å²) >= 11 is 0. The Hall–Kier alpha value is -2.76. The predicted molar refractivity (Wildman–Crippen MR) is 120 cm³/mol. The maximum absolute atomic E-state index is 13.8. The largest absolute Gasteiger partial charge is 0.481 e. The Balaban J connectivity index is 1.84. The standard InChI is InChI=1S/C22H27F2N3O5S/c1-3-26(4-2)20-7-6-17(33(29,30)27-9-11-31-12-10-27)14-19(20)25-22(28)15-32-21-8-5-16(23)13-18(21)24/h5-8,13-14H,3-4,9-12,15H2,1-2H3,(H,25,28). The first kappa shape index (κ1) is 24.9. The van der Waals surface area contributed by atoms with Crippen molar-refractivity contribution in [3.05, 3.63) is 48.0 Å². The van der Waals surface area contributed by atoms with E-state index in [9.17, 15) is 22.0 Å². The number of sulfonamides is 1. The van der Waals surface area contributed by atoms with Crippen molar-refractivity contribution in [2.24, 2.45) is 0 Å². The van der Waals surface area contributed by atoms with Gasteiger partial charge in [-0.3, -0.25) is 4.79 Å². The minimum atomic E-state index is -3.77. The van der Waals surface area contributed by atoms with Gasteiger partial charge in [0.25, 0.3) is 5.91 Å². The third-order valence-electron chi connectivity index (χ3n) is 5.21. The van der Waals surface area contributed by atoms with Crippen LogP contribution in [0, 0.1) is 11.6 Å². The molecule has 2 aromatic carbocycles. The van der Waals surface area contributed by atoms with Gasteiger partial charge in [0.05, 0.1) is 29.5 Å². The van der Waals surface area contributed by atoms with Crippen molar-refractivity contribution in [1.82, 2.24) is 4.31 Å². The molecular weight excluding hydrogens is 456 g/mol. The van der Waals surface area contributed by atoms with E-state index in [1.807, 2.05) is 18.7 Å². The molecule has 1 heterocycles. The first-order chi connectivity index (χ1) is 15.8. The van der Waals surface area contributed by atoms with Gasteiger partial charge in [0.1, 0.15) is 5.82 Å². The number of carbonyl (C=O) groups is 1. The molecule has 2 aromatic rings. The van der Waals surface area contributed by atoms with Gasteiger partial charge in [-0.15, -0.1) is 0 Å². The van der Waals surface area contributed by atoms with Crippen LogP contribution in [0.4, 0.5) is 20.2 Å². The van der Waals surface area contributed by atoms with E-state index in [0.29, 0.717) is 43.7 Å². The zero-order chi connectivity index (χ0) is 24.0. The molecular formula is C22H27F2N3O5S. The molecule has 0 radical (unpaired) electrons. The van der Waals surface area contributed by atoms with Crippen molar-refractivity contribution >= 4 is 27.3 Å². The monoisotopic (exact) mass is 483 g/mol. The van der Waals surface area contributed by atoms with Crippen LogP contribution in [0.15, 0.2) is 41.3 Å². The summed E-state index contributed by atoms with van der Waals surface area (Å²) in [5.74, 6) is -2.57. The van der Waals surface area contributed by atoms with Crippen LogP contribution in [0.25, 0.3) is 0 Å². The highest BCUT2D eigenvalue weighted by Crippen LogP contribution is 2.30. The summed E-state index contributed by atoms with van der Waals surface area (Å²) in [6.07, 6.45) is 0. The molecule has 0 atom stereocenters. The molecule has 1 aliphatic heterocycles. The number of halogens is 2. The highest BCUT2D eigenvalue weighted by molar-refractivity contribution is 7.89. The Morgan fingerprint density at radius 2 is 1.82 bits per heavy atom. The maximum atomic E-state index is 13.8. The van der Waals surface area contributed by atoms with E-state index < -0.39 is 34.2 Å². The first-order valence-electron chi connectivity index (χ1n) is 10.6. The molecule has 1 N–H and O–H groups in total. The summed E-state index contributed by atoms with van der Waals surface area (Å²) in [7, 11) is -3.77. The summed E-state index contributed by atoms with van der Waals surface area (Å²) in [4.78, 5) is 14.6. The van der Waals surface area contributed by atoms with E-state index >= 15 is 0 Å². The summed E-state index contributed by atoms with van der Waals surface area (Å²) in [5, 5.41) is 2.67. The van der Waals surface area contributed by atoms with E-state index in [0.717, 1.165) is 12.1 Å². The summed E-state index contributed by atoms with van der Waals surface area (Å²) in [6, 6.07) is 7.35. The number of anilines is 2. The molecule has 1 fully saturated rings. The lowest BCUT2D eigenvalue weighted by Crippen LogP contribution is -2.40. The van der Waals surface area contributed by atoms with Crippen LogP contribution in [0.2, 0.25) is 0 Å².